The molecule has 0 saturated heterocycles. The van der Waals surface area contributed by atoms with Crippen molar-refractivity contribution in [3.63, 3.8) is 0 Å². The van der Waals surface area contributed by atoms with Gasteiger partial charge in [0, 0.05) is 12.5 Å². The summed E-state index contributed by atoms with van der Waals surface area (Å²) < 4.78 is 0.659. The van der Waals surface area contributed by atoms with E-state index >= 15 is 0 Å². The zero-order chi connectivity index (χ0) is 9.14. The molecule has 0 aliphatic rings. The lowest BCUT2D eigenvalue weighted by Gasteiger charge is -1.98. The van der Waals surface area contributed by atoms with Crippen molar-refractivity contribution in [3.05, 3.63) is 22.2 Å². The van der Waals surface area contributed by atoms with Crippen LogP contribution in [0.3, 0.4) is 0 Å². The molecule has 1 heterocycles. The molecular formula is C8H9BrN2O. The normalized spacial score (nSPS) is 9.92. The van der Waals surface area contributed by atoms with Crippen LogP contribution in [0.1, 0.15) is 29.7 Å². The SMILES string of the molecule is CCC(=O)c1cc(Br)nc(C)n1. The molecule has 12 heavy (non-hydrogen) atoms. The van der Waals surface area contributed by atoms with Crippen molar-refractivity contribution in [3.8, 4) is 0 Å². The minimum atomic E-state index is 0.0428. The number of aromatic nitrogens is 2. The summed E-state index contributed by atoms with van der Waals surface area (Å²) in [5.74, 6) is 0.655. The Morgan fingerprint density at radius 1 is 1.58 bits per heavy atom. The highest BCUT2D eigenvalue weighted by molar-refractivity contribution is 9.10. The van der Waals surface area contributed by atoms with Crippen molar-refractivity contribution < 1.29 is 4.79 Å². The van der Waals surface area contributed by atoms with Gasteiger partial charge in [-0.3, -0.25) is 4.79 Å². The fourth-order valence-electron chi connectivity index (χ4n) is 0.855. The topological polar surface area (TPSA) is 42.9 Å². The Bertz CT molecular complexity index is 292. The number of nitrogens with zero attached hydrogens (tertiary/aromatic N) is 2. The molecule has 0 amide bonds. The van der Waals surface area contributed by atoms with Crippen LogP contribution in [0.4, 0.5) is 0 Å². The molecule has 0 radical (unpaired) electrons. The van der Waals surface area contributed by atoms with Crippen LogP contribution in [0.25, 0.3) is 0 Å². The fourth-order valence-corrected chi connectivity index (χ4v) is 1.33. The van der Waals surface area contributed by atoms with Gasteiger partial charge in [0.1, 0.15) is 16.1 Å². The lowest BCUT2D eigenvalue weighted by atomic mass is 10.2. The second kappa shape index (κ2) is 3.76. The zero-order valence-electron chi connectivity index (χ0n) is 6.97. The zero-order valence-corrected chi connectivity index (χ0v) is 8.55. The smallest absolute Gasteiger partial charge is 0.181 e. The van der Waals surface area contributed by atoms with Crippen molar-refractivity contribution in [1.29, 1.82) is 0 Å². The Balaban J connectivity index is 3.08. The maximum atomic E-state index is 11.2. The summed E-state index contributed by atoms with van der Waals surface area (Å²) >= 11 is 3.21. The van der Waals surface area contributed by atoms with E-state index in [0.29, 0.717) is 22.5 Å². The van der Waals surface area contributed by atoms with Gasteiger partial charge < -0.3 is 0 Å². The number of hydrogen-bond donors (Lipinski definition) is 0. The third-order valence-corrected chi connectivity index (χ3v) is 1.82. The van der Waals surface area contributed by atoms with Gasteiger partial charge in [-0.25, -0.2) is 9.97 Å². The van der Waals surface area contributed by atoms with Crippen LogP contribution in [0.5, 0.6) is 0 Å². The van der Waals surface area contributed by atoms with Crippen LogP contribution in [-0.2, 0) is 0 Å². The molecule has 0 saturated carbocycles. The molecule has 0 fully saturated rings. The Kier molecular flexibility index (Phi) is 2.92. The predicted octanol–water partition coefficient (Wildman–Crippen LogP) is 2.14. The quantitative estimate of drug-likeness (QED) is 0.576. The van der Waals surface area contributed by atoms with Gasteiger partial charge in [0.25, 0.3) is 0 Å². The maximum Gasteiger partial charge on any atom is 0.181 e. The molecule has 4 heteroatoms. The Morgan fingerprint density at radius 3 is 2.75 bits per heavy atom. The van der Waals surface area contributed by atoms with E-state index in [0.717, 1.165) is 0 Å². The first-order chi connectivity index (χ1) is 5.63. The van der Waals surface area contributed by atoms with E-state index in [1.165, 1.54) is 0 Å². The molecule has 0 aliphatic heterocycles. The molecule has 0 bridgehead atoms. The average molecular weight is 229 g/mol. The van der Waals surface area contributed by atoms with Crippen LogP contribution in [0.15, 0.2) is 10.7 Å². The fraction of sp³-hybridized carbons (Fsp3) is 0.375. The van der Waals surface area contributed by atoms with E-state index in [2.05, 4.69) is 25.9 Å². The van der Waals surface area contributed by atoms with Gasteiger partial charge >= 0.3 is 0 Å². The van der Waals surface area contributed by atoms with Gasteiger partial charge in [-0.2, -0.15) is 0 Å². The highest BCUT2D eigenvalue weighted by atomic mass is 79.9. The first-order valence-corrected chi connectivity index (χ1v) is 4.47. The lowest BCUT2D eigenvalue weighted by molar-refractivity contribution is 0.0983. The van der Waals surface area contributed by atoms with Crippen LogP contribution >= 0.6 is 15.9 Å². The van der Waals surface area contributed by atoms with Crippen molar-refractivity contribution in [2.75, 3.05) is 0 Å². The molecule has 0 aliphatic carbocycles. The van der Waals surface area contributed by atoms with Crippen molar-refractivity contribution in [1.82, 2.24) is 9.97 Å². The molecule has 0 spiro atoms. The molecule has 0 unspecified atom stereocenters. The maximum absolute atomic E-state index is 11.2. The molecule has 0 aromatic carbocycles. The molecule has 1 rings (SSSR count). The molecule has 64 valence electrons. The summed E-state index contributed by atoms with van der Waals surface area (Å²) in [4.78, 5) is 19.2. The highest BCUT2D eigenvalue weighted by Gasteiger charge is 2.06. The Hall–Kier alpha value is -0.770. The summed E-state index contributed by atoms with van der Waals surface area (Å²) in [6.45, 7) is 3.57. The van der Waals surface area contributed by atoms with Gasteiger partial charge in [0.05, 0.1) is 0 Å². The van der Waals surface area contributed by atoms with Gasteiger partial charge in [0.15, 0.2) is 5.78 Å². The standard InChI is InChI=1S/C8H9BrN2O/c1-3-7(12)6-4-8(9)11-5(2)10-6/h4H,3H2,1-2H3. The number of aryl methyl sites for hydroxylation is 1. The monoisotopic (exact) mass is 228 g/mol. The van der Waals surface area contributed by atoms with Gasteiger partial charge in [0.2, 0.25) is 0 Å². The molecule has 1 aromatic rings. The van der Waals surface area contributed by atoms with Crippen molar-refractivity contribution >= 4 is 21.7 Å². The first-order valence-electron chi connectivity index (χ1n) is 3.68. The largest absolute Gasteiger partial charge is 0.292 e. The number of hydrogen-bond acceptors (Lipinski definition) is 3. The minimum absolute atomic E-state index is 0.0428. The highest BCUT2D eigenvalue weighted by Crippen LogP contribution is 2.09. The van der Waals surface area contributed by atoms with Gasteiger partial charge in [-0.05, 0) is 22.9 Å². The molecule has 1 aromatic heterocycles. The molecule has 3 nitrogen and oxygen atoms in total. The first kappa shape index (κ1) is 9.32. The summed E-state index contributed by atoms with van der Waals surface area (Å²) in [6, 6.07) is 1.64. The van der Waals surface area contributed by atoms with E-state index in [4.69, 9.17) is 0 Å². The van der Waals surface area contributed by atoms with Crippen molar-refractivity contribution in [2.24, 2.45) is 0 Å². The van der Waals surface area contributed by atoms with Crippen molar-refractivity contribution in [2.45, 2.75) is 20.3 Å². The molecular weight excluding hydrogens is 220 g/mol. The summed E-state index contributed by atoms with van der Waals surface area (Å²) in [7, 11) is 0. The number of carbonyl (C=O) groups is 1. The van der Waals surface area contributed by atoms with E-state index in [1.807, 2.05) is 6.92 Å². The number of carbonyl (C=O) groups excluding carboxylic acids is 1. The average Bonchev–Trinajstić information content (AvgIpc) is 2.01. The Labute approximate surface area is 79.4 Å². The second-order valence-electron chi connectivity index (χ2n) is 2.40. The van der Waals surface area contributed by atoms with E-state index in [9.17, 15) is 4.79 Å². The van der Waals surface area contributed by atoms with Crippen LogP contribution < -0.4 is 0 Å². The summed E-state index contributed by atoms with van der Waals surface area (Å²) in [5.41, 5.74) is 0.483. The van der Waals surface area contributed by atoms with Gasteiger partial charge in [-0.1, -0.05) is 6.92 Å². The second-order valence-corrected chi connectivity index (χ2v) is 3.21. The van der Waals surface area contributed by atoms with E-state index in [1.54, 1.807) is 13.0 Å². The number of Topliss-reactive ketones (excluding diaryl/α,β-unsaturated/α-hetero) is 1. The van der Waals surface area contributed by atoms with E-state index in [-0.39, 0.29) is 5.78 Å². The predicted molar refractivity (Wildman–Crippen MR) is 49.1 cm³/mol. The molecule has 0 atom stereocenters. The van der Waals surface area contributed by atoms with Gasteiger partial charge in [-0.15, -0.1) is 0 Å². The Morgan fingerprint density at radius 2 is 2.25 bits per heavy atom. The van der Waals surface area contributed by atoms with Crippen LogP contribution in [0.2, 0.25) is 0 Å². The van der Waals surface area contributed by atoms with Crippen LogP contribution in [-0.4, -0.2) is 15.8 Å². The third kappa shape index (κ3) is 2.11. The minimum Gasteiger partial charge on any atom is -0.292 e. The number of rotatable bonds is 2. The third-order valence-electron chi connectivity index (χ3n) is 1.41. The molecule has 0 N–H and O–H groups in total. The number of ketones is 1. The summed E-state index contributed by atoms with van der Waals surface area (Å²) in [5, 5.41) is 0. The summed E-state index contributed by atoms with van der Waals surface area (Å²) in [6.07, 6.45) is 0.475. The van der Waals surface area contributed by atoms with E-state index < -0.39 is 0 Å². The number of halogens is 1. The lowest BCUT2D eigenvalue weighted by Crippen LogP contribution is -2.03. The van der Waals surface area contributed by atoms with Crippen LogP contribution in [0, 0.1) is 6.92 Å².